The van der Waals surface area contributed by atoms with Gasteiger partial charge in [-0.1, -0.05) is 18.2 Å². The molecule has 0 aliphatic carbocycles. The maximum Gasteiger partial charge on any atom is 0.149 e. The van der Waals surface area contributed by atoms with Gasteiger partial charge >= 0.3 is 0 Å². The SMILES string of the molecule is Cc1cc(N[C@H]2CCCN(C3COC3)C2)nnc1-c1ccc(-c2ccc(F)cc2)cc1O. The van der Waals surface area contributed by atoms with Gasteiger partial charge in [-0.3, -0.25) is 4.90 Å². The van der Waals surface area contributed by atoms with E-state index in [0.717, 1.165) is 61.7 Å². The Labute approximate surface area is 187 Å². The minimum Gasteiger partial charge on any atom is -0.507 e. The van der Waals surface area contributed by atoms with E-state index in [2.05, 4.69) is 20.4 Å². The zero-order chi connectivity index (χ0) is 22.1. The number of nitrogens with one attached hydrogen (secondary N) is 1. The molecule has 2 saturated heterocycles. The number of aromatic hydroxyl groups is 1. The molecule has 166 valence electrons. The van der Waals surface area contributed by atoms with Crippen molar-refractivity contribution in [2.24, 2.45) is 0 Å². The standard InChI is InChI=1S/C25H27FN4O2/c1-16-11-24(27-20-3-2-10-30(13-20)21-14-32-15-21)28-29-25(16)22-9-6-18(12-23(22)31)17-4-7-19(26)8-5-17/h4-9,11-12,20-21,31H,2-3,10,13-15H2,1H3,(H,27,28)/t20-/m0/s1. The predicted molar refractivity (Wildman–Crippen MR) is 122 cm³/mol. The normalized spacial score (nSPS) is 19.5. The molecule has 6 nitrogen and oxygen atoms in total. The fourth-order valence-electron chi connectivity index (χ4n) is 4.47. The van der Waals surface area contributed by atoms with Gasteiger partial charge in [0.1, 0.15) is 17.4 Å². The molecule has 2 aliphatic rings. The van der Waals surface area contributed by atoms with E-state index in [9.17, 15) is 9.50 Å². The fourth-order valence-corrected chi connectivity index (χ4v) is 4.47. The topological polar surface area (TPSA) is 70.5 Å². The first-order valence-electron chi connectivity index (χ1n) is 11.1. The molecule has 3 heterocycles. The van der Waals surface area contributed by atoms with Crippen molar-refractivity contribution in [2.75, 3.05) is 31.6 Å². The van der Waals surface area contributed by atoms with Crippen molar-refractivity contribution >= 4 is 5.82 Å². The quantitative estimate of drug-likeness (QED) is 0.626. The third-order valence-corrected chi connectivity index (χ3v) is 6.36. The Morgan fingerprint density at radius 1 is 1.06 bits per heavy atom. The number of benzene rings is 2. The van der Waals surface area contributed by atoms with Crippen LogP contribution in [0.5, 0.6) is 5.75 Å². The number of phenolic OH excluding ortho intramolecular Hbond substituents is 1. The first kappa shape index (κ1) is 20.8. The number of aromatic nitrogens is 2. The Morgan fingerprint density at radius 3 is 2.53 bits per heavy atom. The van der Waals surface area contributed by atoms with Gasteiger partial charge in [0.2, 0.25) is 0 Å². The first-order valence-corrected chi connectivity index (χ1v) is 11.1. The van der Waals surface area contributed by atoms with Crippen LogP contribution in [-0.4, -0.2) is 58.6 Å². The number of rotatable bonds is 5. The number of halogens is 1. The van der Waals surface area contributed by atoms with Crippen LogP contribution in [-0.2, 0) is 4.74 Å². The van der Waals surface area contributed by atoms with E-state index in [-0.39, 0.29) is 11.6 Å². The summed E-state index contributed by atoms with van der Waals surface area (Å²) in [6.45, 7) is 5.76. The van der Waals surface area contributed by atoms with Crippen molar-refractivity contribution < 1.29 is 14.2 Å². The second kappa shape index (κ2) is 8.84. The molecule has 0 bridgehead atoms. The van der Waals surface area contributed by atoms with Crippen molar-refractivity contribution in [3.63, 3.8) is 0 Å². The van der Waals surface area contributed by atoms with Gasteiger partial charge in [0, 0.05) is 18.2 Å². The fraction of sp³-hybridized carbons (Fsp3) is 0.360. The second-order valence-corrected chi connectivity index (χ2v) is 8.67. The molecule has 2 N–H and O–H groups in total. The van der Waals surface area contributed by atoms with Crippen LogP contribution >= 0.6 is 0 Å². The summed E-state index contributed by atoms with van der Waals surface area (Å²) >= 11 is 0. The van der Waals surface area contributed by atoms with Crippen molar-refractivity contribution in [3.8, 4) is 28.1 Å². The largest absolute Gasteiger partial charge is 0.507 e. The van der Waals surface area contributed by atoms with E-state index in [0.29, 0.717) is 23.3 Å². The average molecular weight is 435 g/mol. The molecule has 2 fully saturated rings. The maximum absolute atomic E-state index is 13.2. The number of phenols is 1. The molecule has 2 aliphatic heterocycles. The molecule has 32 heavy (non-hydrogen) atoms. The summed E-state index contributed by atoms with van der Waals surface area (Å²) in [4.78, 5) is 2.50. The van der Waals surface area contributed by atoms with Crippen LogP contribution in [0.4, 0.5) is 10.2 Å². The monoisotopic (exact) mass is 434 g/mol. The molecular formula is C25H27FN4O2. The zero-order valence-corrected chi connectivity index (χ0v) is 18.1. The van der Waals surface area contributed by atoms with Crippen LogP contribution in [0.25, 0.3) is 22.4 Å². The molecule has 5 rings (SSSR count). The Balaban J connectivity index is 1.31. The van der Waals surface area contributed by atoms with Crippen LogP contribution in [0.3, 0.4) is 0 Å². The van der Waals surface area contributed by atoms with Gasteiger partial charge in [0.25, 0.3) is 0 Å². The first-order chi connectivity index (χ1) is 15.6. The molecule has 3 aromatic rings. The van der Waals surface area contributed by atoms with Crippen molar-refractivity contribution in [2.45, 2.75) is 31.8 Å². The van der Waals surface area contributed by atoms with Crippen LogP contribution in [0, 0.1) is 12.7 Å². The highest BCUT2D eigenvalue weighted by Crippen LogP contribution is 2.34. The van der Waals surface area contributed by atoms with Gasteiger partial charge < -0.3 is 15.2 Å². The summed E-state index contributed by atoms with van der Waals surface area (Å²) in [5.74, 6) is 0.591. The van der Waals surface area contributed by atoms with Crippen LogP contribution in [0.15, 0.2) is 48.5 Å². The van der Waals surface area contributed by atoms with Crippen LogP contribution in [0.2, 0.25) is 0 Å². The summed E-state index contributed by atoms with van der Waals surface area (Å²) in [5.41, 5.74) is 3.86. The smallest absolute Gasteiger partial charge is 0.149 e. The molecular weight excluding hydrogens is 407 g/mol. The molecule has 2 aromatic carbocycles. The summed E-state index contributed by atoms with van der Waals surface area (Å²) in [6, 6.07) is 14.5. The van der Waals surface area contributed by atoms with E-state index >= 15 is 0 Å². The van der Waals surface area contributed by atoms with Crippen LogP contribution < -0.4 is 5.32 Å². The lowest BCUT2D eigenvalue weighted by molar-refractivity contribution is -0.0710. The van der Waals surface area contributed by atoms with Gasteiger partial charge in [0.05, 0.1) is 24.9 Å². The predicted octanol–water partition coefficient (Wildman–Crippen LogP) is 4.24. The third kappa shape index (κ3) is 4.31. The lowest BCUT2D eigenvalue weighted by Crippen LogP contribution is -2.54. The van der Waals surface area contributed by atoms with Gasteiger partial charge in [-0.15, -0.1) is 10.2 Å². The van der Waals surface area contributed by atoms with Crippen molar-refractivity contribution in [1.29, 1.82) is 0 Å². The number of hydrogen-bond donors (Lipinski definition) is 2. The van der Waals surface area contributed by atoms with Crippen LogP contribution in [0.1, 0.15) is 18.4 Å². The molecule has 0 unspecified atom stereocenters. The second-order valence-electron chi connectivity index (χ2n) is 8.67. The van der Waals surface area contributed by atoms with Gasteiger partial charge in [-0.25, -0.2) is 4.39 Å². The lowest BCUT2D eigenvalue weighted by Gasteiger charge is -2.42. The molecule has 0 amide bonds. The van der Waals surface area contributed by atoms with Crippen molar-refractivity contribution in [1.82, 2.24) is 15.1 Å². The lowest BCUT2D eigenvalue weighted by atomic mass is 10.00. The highest BCUT2D eigenvalue weighted by Gasteiger charge is 2.30. The average Bonchev–Trinajstić information content (AvgIpc) is 2.74. The molecule has 1 atom stereocenters. The number of hydrogen-bond acceptors (Lipinski definition) is 6. The minimum atomic E-state index is -0.285. The Hall–Kier alpha value is -3.03. The van der Waals surface area contributed by atoms with Gasteiger partial charge in [0.15, 0.2) is 0 Å². The Bertz CT molecular complexity index is 1100. The molecule has 7 heteroatoms. The number of piperidine rings is 1. The highest BCUT2D eigenvalue weighted by molar-refractivity contribution is 5.75. The summed E-state index contributed by atoms with van der Waals surface area (Å²) in [6.07, 6.45) is 2.27. The zero-order valence-electron chi connectivity index (χ0n) is 18.1. The maximum atomic E-state index is 13.2. The molecule has 0 spiro atoms. The summed E-state index contributed by atoms with van der Waals surface area (Å²) < 4.78 is 18.5. The number of ether oxygens (including phenoxy) is 1. The number of nitrogens with zero attached hydrogens (tertiary/aromatic N) is 3. The molecule has 1 aromatic heterocycles. The van der Waals surface area contributed by atoms with Gasteiger partial charge in [-0.2, -0.15) is 0 Å². The molecule has 0 saturated carbocycles. The molecule has 0 radical (unpaired) electrons. The minimum absolute atomic E-state index is 0.121. The van der Waals surface area contributed by atoms with E-state index in [1.54, 1.807) is 18.2 Å². The number of anilines is 1. The Morgan fingerprint density at radius 2 is 1.84 bits per heavy atom. The third-order valence-electron chi connectivity index (χ3n) is 6.36. The van der Waals surface area contributed by atoms with E-state index in [4.69, 9.17) is 4.74 Å². The highest BCUT2D eigenvalue weighted by atomic mass is 19.1. The Kier molecular flexibility index (Phi) is 5.76. The van der Waals surface area contributed by atoms with E-state index < -0.39 is 0 Å². The summed E-state index contributed by atoms with van der Waals surface area (Å²) in [7, 11) is 0. The number of likely N-dealkylation sites (tertiary alicyclic amines) is 1. The van der Waals surface area contributed by atoms with E-state index in [1.807, 2.05) is 25.1 Å². The number of aryl methyl sites for hydroxylation is 1. The summed E-state index contributed by atoms with van der Waals surface area (Å²) in [5, 5.41) is 23.0. The van der Waals surface area contributed by atoms with Crippen molar-refractivity contribution in [3.05, 3.63) is 59.9 Å². The van der Waals surface area contributed by atoms with E-state index in [1.165, 1.54) is 12.1 Å². The van der Waals surface area contributed by atoms with Gasteiger partial charge in [-0.05, 0) is 73.3 Å².